The van der Waals surface area contributed by atoms with E-state index in [4.69, 9.17) is 0 Å². The van der Waals surface area contributed by atoms with Crippen molar-refractivity contribution in [3.05, 3.63) is 35.4 Å². The van der Waals surface area contributed by atoms with Gasteiger partial charge in [-0.25, -0.2) is 0 Å². The topological polar surface area (TPSA) is 70.9 Å². The van der Waals surface area contributed by atoms with Crippen LogP contribution in [-0.4, -0.2) is 37.0 Å². The first kappa shape index (κ1) is 17.2. The van der Waals surface area contributed by atoms with E-state index in [0.29, 0.717) is 5.56 Å². The molecule has 1 amide bonds. The Morgan fingerprint density at radius 3 is 2.48 bits per heavy atom. The maximum Gasteiger partial charge on any atom is 0.251 e. The molecule has 0 aromatic heterocycles. The summed E-state index contributed by atoms with van der Waals surface area (Å²) in [4.78, 5) is 16.6. The zero-order valence-electron chi connectivity index (χ0n) is 12.9. The number of hydrogen-bond acceptors (Lipinski definition) is 4. The number of aliphatic hydroxyl groups excluding tert-OH is 1. The monoisotopic (exact) mass is 292 g/mol. The van der Waals surface area contributed by atoms with Crippen molar-refractivity contribution in [3.8, 4) is 0 Å². The predicted octanol–water partition coefficient (Wildman–Crippen LogP) is 2.19. The molecule has 1 unspecified atom stereocenters. The standard InChI is InChI=1S/C16H24N2O3/c1-4-13(5-2)15(19)11-17-16(20)14-8-6-12(7-9-14)10-18-21-3/h6-10,13,15,19H,4-5,11H2,1-3H3,(H,17,20)/b18-10+. The minimum absolute atomic E-state index is 0.185. The molecule has 5 nitrogen and oxygen atoms in total. The molecule has 1 aromatic rings. The van der Waals surface area contributed by atoms with E-state index in [9.17, 15) is 9.90 Å². The third-order valence-corrected chi connectivity index (χ3v) is 3.54. The molecule has 2 N–H and O–H groups in total. The summed E-state index contributed by atoms with van der Waals surface area (Å²) in [7, 11) is 1.48. The Kier molecular flexibility index (Phi) is 7.46. The van der Waals surface area contributed by atoms with Gasteiger partial charge in [-0.05, 0) is 23.6 Å². The van der Waals surface area contributed by atoms with Crippen molar-refractivity contribution in [3.63, 3.8) is 0 Å². The second-order valence-electron chi connectivity index (χ2n) is 4.89. The maximum absolute atomic E-state index is 12.0. The van der Waals surface area contributed by atoms with E-state index in [1.807, 2.05) is 13.8 Å². The van der Waals surface area contributed by atoms with E-state index in [2.05, 4.69) is 15.3 Å². The van der Waals surface area contributed by atoms with Crippen molar-refractivity contribution in [2.75, 3.05) is 13.7 Å². The number of nitrogens with zero attached hydrogens (tertiary/aromatic N) is 1. The van der Waals surface area contributed by atoms with Crippen LogP contribution < -0.4 is 5.32 Å². The molecule has 0 saturated carbocycles. The highest BCUT2D eigenvalue weighted by Gasteiger charge is 2.16. The van der Waals surface area contributed by atoms with E-state index in [-0.39, 0.29) is 18.4 Å². The average Bonchev–Trinajstić information content (AvgIpc) is 2.52. The number of nitrogens with one attached hydrogen (secondary N) is 1. The third kappa shape index (κ3) is 5.55. The van der Waals surface area contributed by atoms with Gasteiger partial charge in [-0.3, -0.25) is 4.79 Å². The average molecular weight is 292 g/mol. The molecule has 0 radical (unpaired) electrons. The van der Waals surface area contributed by atoms with Gasteiger partial charge in [-0.15, -0.1) is 0 Å². The molecule has 0 heterocycles. The van der Waals surface area contributed by atoms with Gasteiger partial charge in [0, 0.05) is 12.1 Å². The lowest BCUT2D eigenvalue weighted by atomic mass is 9.96. The van der Waals surface area contributed by atoms with Crippen LogP contribution in [0.4, 0.5) is 0 Å². The summed E-state index contributed by atoms with van der Waals surface area (Å²) in [5.41, 5.74) is 1.41. The Labute approximate surface area is 126 Å². The molecule has 0 bridgehead atoms. The van der Waals surface area contributed by atoms with Crippen molar-refractivity contribution in [1.29, 1.82) is 0 Å². The summed E-state index contributed by atoms with van der Waals surface area (Å²) in [5.74, 6) is 0.0353. The highest BCUT2D eigenvalue weighted by molar-refractivity contribution is 5.95. The quantitative estimate of drug-likeness (QED) is 0.570. The first-order valence-corrected chi connectivity index (χ1v) is 7.25. The van der Waals surface area contributed by atoms with Crippen LogP contribution in [0.2, 0.25) is 0 Å². The van der Waals surface area contributed by atoms with Gasteiger partial charge in [0.2, 0.25) is 0 Å². The van der Waals surface area contributed by atoms with Gasteiger partial charge in [0.1, 0.15) is 7.11 Å². The van der Waals surface area contributed by atoms with Gasteiger partial charge in [0.25, 0.3) is 5.91 Å². The van der Waals surface area contributed by atoms with Crippen LogP contribution in [0, 0.1) is 5.92 Å². The zero-order chi connectivity index (χ0) is 15.7. The van der Waals surface area contributed by atoms with Crippen molar-refractivity contribution >= 4 is 12.1 Å². The number of rotatable bonds is 8. The van der Waals surface area contributed by atoms with Crippen LogP contribution in [0.1, 0.15) is 42.6 Å². The Balaban J connectivity index is 2.54. The van der Waals surface area contributed by atoms with Crippen LogP contribution in [0.15, 0.2) is 29.4 Å². The molecule has 0 aliphatic heterocycles. The van der Waals surface area contributed by atoms with Crippen molar-refractivity contribution in [2.45, 2.75) is 32.8 Å². The summed E-state index contributed by atoms with van der Waals surface area (Å²) in [6.07, 6.45) is 2.87. The molecule has 1 rings (SSSR count). The largest absolute Gasteiger partial charge is 0.399 e. The van der Waals surface area contributed by atoms with E-state index in [1.165, 1.54) is 7.11 Å². The molecular weight excluding hydrogens is 268 g/mol. The van der Waals surface area contributed by atoms with Gasteiger partial charge >= 0.3 is 0 Å². The van der Waals surface area contributed by atoms with Gasteiger partial charge in [0.05, 0.1) is 12.3 Å². The number of amides is 1. The predicted molar refractivity (Wildman–Crippen MR) is 83.5 cm³/mol. The van der Waals surface area contributed by atoms with E-state index in [1.54, 1.807) is 30.5 Å². The first-order valence-electron chi connectivity index (χ1n) is 7.25. The lowest BCUT2D eigenvalue weighted by molar-refractivity contribution is 0.0816. The number of hydrogen-bond donors (Lipinski definition) is 2. The normalized spacial score (nSPS) is 12.6. The van der Waals surface area contributed by atoms with Crippen LogP contribution >= 0.6 is 0 Å². The zero-order valence-corrected chi connectivity index (χ0v) is 12.9. The summed E-state index contributed by atoms with van der Waals surface area (Å²) in [6.45, 7) is 4.36. The summed E-state index contributed by atoms with van der Waals surface area (Å²) in [6, 6.07) is 7.01. The number of aliphatic hydroxyl groups is 1. The number of oxime groups is 1. The van der Waals surface area contributed by atoms with Crippen LogP contribution in [0.25, 0.3) is 0 Å². The Hall–Kier alpha value is -1.88. The summed E-state index contributed by atoms with van der Waals surface area (Å²) < 4.78 is 0. The Morgan fingerprint density at radius 1 is 1.33 bits per heavy atom. The number of benzene rings is 1. The van der Waals surface area contributed by atoms with Crippen LogP contribution in [0.3, 0.4) is 0 Å². The first-order chi connectivity index (χ1) is 10.1. The molecular formula is C16H24N2O3. The van der Waals surface area contributed by atoms with Crippen molar-refractivity contribution < 1.29 is 14.7 Å². The van der Waals surface area contributed by atoms with Crippen molar-refractivity contribution in [1.82, 2.24) is 5.32 Å². The van der Waals surface area contributed by atoms with Gasteiger partial charge in [-0.2, -0.15) is 0 Å². The third-order valence-electron chi connectivity index (χ3n) is 3.54. The van der Waals surface area contributed by atoms with Crippen LogP contribution in [-0.2, 0) is 4.84 Å². The fraction of sp³-hybridized carbons (Fsp3) is 0.500. The number of carbonyl (C=O) groups excluding carboxylic acids is 1. The fourth-order valence-electron chi connectivity index (χ4n) is 2.13. The molecule has 0 fully saturated rings. The van der Waals surface area contributed by atoms with Gasteiger partial charge in [-0.1, -0.05) is 44.0 Å². The maximum atomic E-state index is 12.0. The molecule has 1 atom stereocenters. The molecule has 21 heavy (non-hydrogen) atoms. The smallest absolute Gasteiger partial charge is 0.251 e. The highest BCUT2D eigenvalue weighted by Crippen LogP contribution is 2.12. The molecule has 0 saturated heterocycles. The molecule has 1 aromatic carbocycles. The van der Waals surface area contributed by atoms with Crippen LogP contribution in [0.5, 0.6) is 0 Å². The molecule has 0 spiro atoms. The lowest BCUT2D eigenvalue weighted by Gasteiger charge is -2.20. The molecule has 0 aliphatic rings. The Bertz CT molecular complexity index is 453. The van der Waals surface area contributed by atoms with Crippen molar-refractivity contribution in [2.24, 2.45) is 11.1 Å². The summed E-state index contributed by atoms with van der Waals surface area (Å²) >= 11 is 0. The van der Waals surface area contributed by atoms with Gasteiger partial charge < -0.3 is 15.3 Å². The summed E-state index contributed by atoms with van der Waals surface area (Å²) in [5, 5.41) is 16.4. The second kappa shape index (κ2) is 9.13. The molecule has 116 valence electrons. The minimum Gasteiger partial charge on any atom is -0.399 e. The second-order valence-corrected chi connectivity index (χ2v) is 4.89. The Morgan fingerprint density at radius 2 is 1.95 bits per heavy atom. The van der Waals surface area contributed by atoms with E-state index in [0.717, 1.165) is 18.4 Å². The minimum atomic E-state index is -0.503. The SMILES string of the molecule is CCC(CC)C(O)CNC(=O)c1ccc(/C=N/OC)cc1. The lowest BCUT2D eigenvalue weighted by Crippen LogP contribution is -2.36. The molecule has 0 aliphatic carbocycles. The van der Waals surface area contributed by atoms with E-state index >= 15 is 0 Å². The van der Waals surface area contributed by atoms with E-state index < -0.39 is 6.10 Å². The molecule has 5 heteroatoms. The number of carbonyl (C=O) groups is 1. The fourth-order valence-corrected chi connectivity index (χ4v) is 2.13. The highest BCUT2D eigenvalue weighted by atomic mass is 16.6. The van der Waals surface area contributed by atoms with Gasteiger partial charge in [0.15, 0.2) is 0 Å².